The molecule has 1 aliphatic heterocycles. The Morgan fingerprint density at radius 3 is 2.93 bits per heavy atom. The van der Waals surface area contributed by atoms with Gasteiger partial charge in [-0.2, -0.15) is 0 Å². The van der Waals surface area contributed by atoms with E-state index in [1.54, 1.807) is 0 Å². The predicted molar refractivity (Wildman–Crippen MR) is 58.1 cm³/mol. The number of rotatable bonds is 3. The summed E-state index contributed by atoms with van der Waals surface area (Å²) in [6, 6.07) is 0.00432. The number of amides is 1. The van der Waals surface area contributed by atoms with Gasteiger partial charge in [0.05, 0.1) is 6.04 Å². The SMILES string of the molecule is CC(C)CCN1CCCNC(C)C1=O. The highest BCUT2D eigenvalue weighted by Gasteiger charge is 2.22. The molecular weight excluding hydrogens is 176 g/mol. The van der Waals surface area contributed by atoms with Crippen molar-refractivity contribution in [3.05, 3.63) is 0 Å². The second-order valence-electron chi connectivity index (χ2n) is 4.54. The summed E-state index contributed by atoms with van der Waals surface area (Å²) in [6.45, 7) is 9.15. The maximum atomic E-state index is 11.8. The monoisotopic (exact) mass is 198 g/mol. The zero-order chi connectivity index (χ0) is 10.6. The van der Waals surface area contributed by atoms with Crippen molar-refractivity contribution in [2.45, 2.75) is 39.7 Å². The molecule has 82 valence electrons. The molecule has 1 saturated heterocycles. The highest BCUT2D eigenvalue weighted by molar-refractivity contribution is 5.81. The van der Waals surface area contributed by atoms with E-state index in [-0.39, 0.29) is 11.9 Å². The van der Waals surface area contributed by atoms with E-state index in [0.29, 0.717) is 5.92 Å². The van der Waals surface area contributed by atoms with Crippen molar-refractivity contribution in [2.75, 3.05) is 19.6 Å². The van der Waals surface area contributed by atoms with Crippen LogP contribution in [0.3, 0.4) is 0 Å². The van der Waals surface area contributed by atoms with Crippen molar-refractivity contribution < 1.29 is 4.79 Å². The van der Waals surface area contributed by atoms with Crippen molar-refractivity contribution >= 4 is 5.91 Å². The molecule has 1 atom stereocenters. The molecule has 0 spiro atoms. The van der Waals surface area contributed by atoms with Crippen LogP contribution in [-0.2, 0) is 4.79 Å². The Hall–Kier alpha value is -0.570. The van der Waals surface area contributed by atoms with Gasteiger partial charge >= 0.3 is 0 Å². The molecule has 1 fully saturated rings. The summed E-state index contributed by atoms with van der Waals surface area (Å²) in [5, 5.41) is 3.22. The summed E-state index contributed by atoms with van der Waals surface area (Å²) in [6.07, 6.45) is 2.19. The highest BCUT2D eigenvalue weighted by atomic mass is 16.2. The molecule has 0 radical (unpaired) electrons. The molecule has 1 unspecified atom stereocenters. The number of hydrogen-bond acceptors (Lipinski definition) is 2. The predicted octanol–water partition coefficient (Wildman–Crippen LogP) is 1.24. The molecule has 1 heterocycles. The molecule has 1 aliphatic rings. The fraction of sp³-hybridized carbons (Fsp3) is 0.909. The van der Waals surface area contributed by atoms with Crippen LogP contribution in [0.4, 0.5) is 0 Å². The van der Waals surface area contributed by atoms with Crippen LogP contribution < -0.4 is 5.32 Å². The van der Waals surface area contributed by atoms with E-state index in [1.165, 1.54) is 0 Å². The van der Waals surface area contributed by atoms with Crippen molar-refractivity contribution in [3.63, 3.8) is 0 Å². The average molecular weight is 198 g/mol. The first-order valence-corrected chi connectivity index (χ1v) is 5.63. The lowest BCUT2D eigenvalue weighted by molar-refractivity contribution is -0.132. The van der Waals surface area contributed by atoms with E-state index in [2.05, 4.69) is 19.2 Å². The Morgan fingerprint density at radius 1 is 1.57 bits per heavy atom. The van der Waals surface area contributed by atoms with E-state index in [1.807, 2.05) is 11.8 Å². The summed E-state index contributed by atoms with van der Waals surface area (Å²) in [5.74, 6) is 0.942. The van der Waals surface area contributed by atoms with Gasteiger partial charge < -0.3 is 10.2 Å². The zero-order valence-corrected chi connectivity index (χ0v) is 9.55. The van der Waals surface area contributed by atoms with E-state index in [0.717, 1.165) is 32.5 Å². The summed E-state index contributed by atoms with van der Waals surface area (Å²) in [4.78, 5) is 13.8. The van der Waals surface area contributed by atoms with Gasteiger partial charge in [-0.1, -0.05) is 13.8 Å². The Labute approximate surface area is 86.9 Å². The smallest absolute Gasteiger partial charge is 0.239 e. The van der Waals surface area contributed by atoms with Crippen LogP contribution in [-0.4, -0.2) is 36.5 Å². The second-order valence-corrected chi connectivity index (χ2v) is 4.54. The average Bonchev–Trinajstić information content (AvgIpc) is 2.28. The van der Waals surface area contributed by atoms with Gasteiger partial charge in [0.25, 0.3) is 0 Å². The van der Waals surface area contributed by atoms with Gasteiger partial charge in [-0.3, -0.25) is 4.79 Å². The molecule has 0 aromatic carbocycles. The summed E-state index contributed by atoms with van der Waals surface area (Å²) in [5.41, 5.74) is 0. The Bertz CT molecular complexity index is 192. The Balaban J connectivity index is 2.44. The van der Waals surface area contributed by atoms with Gasteiger partial charge in [0.15, 0.2) is 0 Å². The van der Waals surface area contributed by atoms with Crippen LogP contribution >= 0.6 is 0 Å². The first-order chi connectivity index (χ1) is 6.61. The lowest BCUT2D eigenvalue weighted by atomic mass is 10.1. The third-order valence-corrected chi connectivity index (χ3v) is 2.71. The van der Waals surface area contributed by atoms with Crippen molar-refractivity contribution in [1.82, 2.24) is 10.2 Å². The largest absolute Gasteiger partial charge is 0.341 e. The topological polar surface area (TPSA) is 32.3 Å². The second kappa shape index (κ2) is 5.35. The van der Waals surface area contributed by atoms with Crippen LogP contribution in [0.5, 0.6) is 0 Å². The Morgan fingerprint density at radius 2 is 2.29 bits per heavy atom. The molecule has 3 heteroatoms. The number of nitrogens with one attached hydrogen (secondary N) is 1. The fourth-order valence-corrected chi connectivity index (χ4v) is 1.70. The molecule has 3 nitrogen and oxygen atoms in total. The van der Waals surface area contributed by atoms with Crippen LogP contribution in [0.25, 0.3) is 0 Å². The third kappa shape index (κ3) is 3.29. The molecule has 14 heavy (non-hydrogen) atoms. The maximum absolute atomic E-state index is 11.8. The molecule has 1 N–H and O–H groups in total. The summed E-state index contributed by atoms with van der Waals surface area (Å²) < 4.78 is 0. The number of carbonyl (C=O) groups is 1. The van der Waals surface area contributed by atoms with Gasteiger partial charge in [-0.15, -0.1) is 0 Å². The lowest BCUT2D eigenvalue weighted by Gasteiger charge is -2.23. The molecule has 0 saturated carbocycles. The standard InChI is InChI=1S/C11H22N2O/c1-9(2)5-8-13-7-4-6-12-10(3)11(13)14/h9-10,12H,4-8H2,1-3H3. The van der Waals surface area contributed by atoms with E-state index >= 15 is 0 Å². The highest BCUT2D eigenvalue weighted by Crippen LogP contribution is 2.07. The van der Waals surface area contributed by atoms with Crippen molar-refractivity contribution in [1.29, 1.82) is 0 Å². The van der Waals surface area contributed by atoms with Gasteiger partial charge in [0.2, 0.25) is 5.91 Å². The normalized spacial score (nSPS) is 24.1. The molecule has 0 bridgehead atoms. The third-order valence-electron chi connectivity index (χ3n) is 2.71. The maximum Gasteiger partial charge on any atom is 0.239 e. The van der Waals surface area contributed by atoms with Crippen molar-refractivity contribution in [3.8, 4) is 0 Å². The van der Waals surface area contributed by atoms with Gasteiger partial charge in [0.1, 0.15) is 0 Å². The van der Waals surface area contributed by atoms with Gasteiger partial charge in [0, 0.05) is 13.1 Å². The molecule has 1 amide bonds. The fourth-order valence-electron chi connectivity index (χ4n) is 1.70. The number of carbonyl (C=O) groups excluding carboxylic acids is 1. The van der Waals surface area contributed by atoms with E-state index < -0.39 is 0 Å². The van der Waals surface area contributed by atoms with Gasteiger partial charge in [-0.25, -0.2) is 0 Å². The van der Waals surface area contributed by atoms with Crippen LogP contribution in [0.15, 0.2) is 0 Å². The molecule has 0 aromatic heterocycles. The lowest BCUT2D eigenvalue weighted by Crippen LogP contribution is -2.42. The van der Waals surface area contributed by atoms with Gasteiger partial charge in [-0.05, 0) is 32.2 Å². The number of hydrogen-bond donors (Lipinski definition) is 1. The Kier molecular flexibility index (Phi) is 4.39. The minimum atomic E-state index is 0.00432. The van der Waals surface area contributed by atoms with E-state index in [4.69, 9.17) is 0 Å². The first kappa shape index (κ1) is 11.5. The summed E-state index contributed by atoms with van der Waals surface area (Å²) in [7, 11) is 0. The van der Waals surface area contributed by atoms with Crippen LogP contribution in [0.1, 0.15) is 33.6 Å². The molecule has 1 rings (SSSR count). The van der Waals surface area contributed by atoms with Crippen molar-refractivity contribution in [2.24, 2.45) is 5.92 Å². The molecular formula is C11H22N2O. The summed E-state index contributed by atoms with van der Waals surface area (Å²) >= 11 is 0. The molecule has 0 aromatic rings. The van der Waals surface area contributed by atoms with E-state index in [9.17, 15) is 4.79 Å². The minimum Gasteiger partial charge on any atom is -0.341 e. The number of nitrogens with zero attached hydrogens (tertiary/aromatic N) is 1. The zero-order valence-electron chi connectivity index (χ0n) is 9.55. The first-order valence-electron chi connectivity index (χ1n) is 5.63. The van der Waals surface area contributed by atoms with Crippen LogP contribution in [0.2, 0.25) is 0 Å². The molecule has 0 aliphatic carbocycles. The quantitative estimate of drug-likeness (QED) is 0.740. The minimum absolute atomic E-state index is 0.00432. The van der Waals surface area contributed by atoms with Crippen LogP contribution in [0, 0.1) is 5.92 Å².